The second-order valence-corrected chi connectivity index (χ2v) is 7.70. The molecule has 3 aromatic rings. The standard InChI is InChI=1S/C22H26ClN5O3/c1-5-14(3)28-20-17(12-25-28)16(10-13(2)26-20)22(30)27-19-11-15(6-7-18(19)23)21(29)24-8-9-31-4/h6-7,10-12,14H,5,8-9H2,1-4H3,(H,24,29)(H,27,30). The number of halogens is 1. The van der Waals surface area contributed by atoms with Crippen LogP contribution in [0.15, 0.2) is 30.5 Å². The molecule has 0 saturated carbocycles. The molecule has 1 atom stereocenters. The van der Waals surface area contributed by atoms with Crippen molar-refractivity contribution >= 4 is 40.1 Å². The highest BCUT2D eigenvalue weighted by atomic mass is 35.5. The van der Waals surface area contributed by atoms with Gasteiger partial charge in [-0.1, -0.05) is 18.5 Å². The van der Waals surface area contributed by atoms with Crippen molar-refractivity contribution in [3.8, 4) is 0 Å². The third kappa shape index (κ3) is 5.03. The summed E-state index contributed by atoms with van der Waals surface area (Å²) >= 11 is 6.28. The molecule has 0 saturated heterocycles. The topological polar surface area (TPSA) is 98.1 Å². The fraction of sp³-hybridized carbons (Fsp3) is 0.364. The lowest BCUT2D eigenvalue weighted by molar-refractivity contribution is 0.0936. The minimum atomic E-state index is -0.349. The Hall–Kier alpha value is -2.97. The maximum atomic E-state index is 13.1. The van der Waals surface area contributed by atoms with Crippen LogP contribution in [0.3, 0.4) is 0 Å². The molecular formula is C22H26ClN5O3. The first-order chi connectivity index (χ1) is 14.8. The minimum absolute atomic E-state index is 0.158. The maximum Gasteiger partial charge on any atom is 0.256 e. The fourth-order valence-electron chi connectivity index (χ4n) is 3.15. The van der Waals surface area contributed by atoms with Crippen LogP contribution in [0.5, 0.6) is 0 Å². The first-order valence-corrected chi connectivity index (χ1v) is 10.5. The summed E-state index contributed by atoms with van der Waals surface area (Å²) < 4.78 is 6.77. The van der Waals surface area contributed by atoms with E-state index in [1.807, 2.05) is 11.6 Å². The van der Waals surface area contributed by atoms with Crippen molar-refractivity contribution in [2.75, 3.05) is 25.6 Å². The Labute approximate surface area is 185 Å². The number of amides is 2. The number of nitrogens with zero attached hydrogens (tertiary/aromatic N) is 3. The predicted molar refractivity (Wildman–Crippen MR) is 121 cm³/mol. The summed E-state index contributed by atoms with van der Waals surface area (Å²) in [7, 11) is 1.56. The molecule has 2 amide bonds. The number of hydrogen-bond acceptors (Lipinski definition) is 5. The molecule has 31 heavy (non-hydrogen) atoms. The van der Waals surface area contributed by atoms with Gasteiger partial charge in [0.1, 0.15) is 0 Å². The third-order valence-electron chi connectivity index (χ3n) is 5.02. The normalized spacial score (nSPS) is 12.0. The van der Waals surface area contributed by atoms with E-state index in [9.17, 15) is 9.59 Å². The molecule has 8 nitrogen and oxygen atoms in total. The van der Waals surface area contributed by atoms with Crippen LogP contribution in [0, 0.1) is 6.92 Å². The lowest BCUT2D eigenvalue weighted by Crippen LogP contribution is -2.27. The zero-order valence-corrected chi connectivity index (χ0v) is 18.8. The quantitative estimate of drug-likeness (QED) is 0.513. The highest BCUT2D eigenvalue weighted by Crippen LogP contribution is 2.26. The number of pyridine rings is 1. The second-order valence-electron chi connectivity index (χ2n) is 7.29. The molecule has 2 heterocycles. The lowest BCUT2D eigenvalue weighted by Gasteiger charge is -2.12. The van der Waals surface area contributed by atoms with E-state index in [1.165, 1.54) is 0 Å². The Kier molecular flexibility index (Phi) is 7.25. The third-order valence-corrected chi connectivity index (χ3v) is 5.35. The van der Waals surface area contributed by atoms with Crippen LogP contribution in [0.2, 0.25) is 5.02 Å². The van der Waals surface area contributed by atoms with Gasteiger partial charge in [0.25, 0.3) is 11.8 Å². The van der Waals surface area contributed by atoms with E-state index in [0.717, 1.165) is 6.42 Å². The number of fused-ring (bicyclic) bond motifs is 1. The van der Waals surface area contributed by atoms with Crippen molar-refractivity contribution in [3.63, 3.8) is 0 Å². The Morgan fingerprint density at radius 1 is 1.26 bits per heavy atom. The first-order valence-electron chi connectivity index (χ1n) is 10.1. The molecule has 0 aliphatic carbocycles. The largest absolute Gasteiger partial charge is 0.383 e. The van der Waals surface area contributed by atoms with Crippen LogP contribution < -0.4 is 10.6 Å². The van der Waals surface area contributed by atoms with Gasteiger partial charge in [0.05, 0.1) is 40.5 Å². The molecule has 0 fully saturated rings. The zero-order valence-electron chi connectivity index (χ0n) is 18.0. The van der Waals surface area contributed by atoms with Crippen LogP contribution in [-0.4, -0.2) is 46.8 Å². The fourth-order valence-corrected chi connectivity index (χ4v) is 3.31. The van der Waals surface area contributed by atoms with Crippen LogP contribution in [0.25, 0.3) is 11.0 Å². The van der Waals surface area contributed by atoms with Gasteiger partial charge in [0.15, 0.2) is 5.65 Å². The molecule has 1 unspecified atom stereocenters. The Balaban J connectivity index is 1.90. The molecule has 0 bridgehead atoms. The van der Waals surface area contributed by atoms with E-state index in [0.29, 0.717) is 51.7 Å². The highest BCUT2D eigenvalue weighted by molar-refractivity contribution is 6.34. The van der Waals surface area contributed by atoms with Crippen LogP contribution >= 0.6 is 11.6 Å². The Morgan fingerprint density at radius 3 is 2.74 bits per heavy atom. The molecular weight excluding hydrogens is 418 g/mol. The summed E-state index contributed by atoms with van der Waals surface area (Å²) in [6.45, 7) is 6.75. The van der Waals surface area contributed by atoms with E-state index < -0.39 is 0 Å². The molecule has 1 aromatic carbocycles. The number of aryl methyl sites for hydroxylation is 1. The number of ether oxygens (including phenoxy) is 1. The van der Waals surface area contributed by atoms with Gasteiger partial charge in [-0.15, -0.1) is 0 Å². The van der Waals surface area contributed by atoms with E-state index in [4.69, 9.17) is 16.3 Å². The summed E-state index contributed by atoms with van der Waals surface area (Å²) in [5, 5.41) is 11.0. The minimum Gasteiger partial charge on any atom is -0.383 e. The highest BCUT2D eigenvalue weighted by Gasteiger charge is 2.19. The smallest absolute Gasteiger partial charge is 0.256 e. The SMILES string of the molecule is CCC(C)n1ncc2c(C(=O)Nc3cc(C(=O)NCCOC)ccc3Cl)cc(C)nc21. The van der Waals surface area contributed by atoms with Gasteiger partial charge < -0.3 is 15.4 Å². The van der Waals surface area contributed by atoms with Gasteiger partial charge in [-0.05, 0) is 44.5 Å². The molecule has 9 heteroatoms. The number of methoxy groups -OCH3 is 1. The summed E-state index contributed by atoms with van der Waals surface area (Å²) in [4.78, 5) is 30.0. The van der Waals surface area contributed by atoms with Crippen molar-refractivity contribution in [2.24, 2.45) is 0 Å². The van der Waals surface area contributed by atoms with Crippen molar-refractivity contribution in [1.29, 1.82) is 0 Å². The monoisotopic (exact) mass is 443 g/mol. The van der Waals surface area contributed by atoms with Crippen molar-refractivity contribution in [2.45, 2.75) is 33.2 Å². The molecule has 0 aliphatic rings. The van der Waals surface area contributed by atoms with Crippen LogP contribution in [0.4, 0.5) is 5.69 Å². The van der Waals surface area contributed by atoms with E-state index in [1.54, 1.807) is 37.6 Å². The number of anilines is 1. The second kappa shape index (κ2) is 9.89. The summed E-state index contributed by atoms with van der Waals surface area (Å²) in [5.74, 6) is -0.626. The Morgan fingerprint density at radius 2 is 2.03 bits per heavy atom. The molecule has 0 spiro atoms. The number of benzene rings is 1. The first kappa shape index (κ1) is 22.7. The number of carbonyl (C=O) groups excluding carboxylic acids is 2. The van der Waals surface area contributed by atoms with Gasteiger partial charge in [0, 0.05) is 24.9 Å². The number of carbonyl (C=O) groups is 2. The average molecular weight is 444 g/mol. The van der Waals surface area contributed by atoms with Crippen molar-refractivity contribution in [1.82, 2.24) is 20.1 Å². The van der Waals surface area contributed by atoms with Crippen molar-refractivity contribution in [3.05, 3.63) is 52.3 Å². The van der Waals surface area contributed by atoms with Gasteiger partial charge >= 0.3 is 0 Å². The molecule has 3 rings (SSSR count). The Bertz CT molecular complexity index is 1110. The van der Waals surface area contributed by atoms with Gasteiger partial charge in [-0.3, -0.25) is 9.59 Å². The van der Waals surface area contributed by atoms with Gasteiger partial charge in [0.2, 0.25) is 0 Å². The lowest BCUT2D eigenvalue weighted by atomic mass is 10.1. The number of nitrogens with one attached hydrogen (secondary N) is 2. The van der Waals surface area contributed by atoms with Crippen LogP contribution in [0.1, 0.15) is 52.7 Å². The number of aromatic nitrogens is 3. The van der Waals surface area contributed by atoms with Crippen molar-refractivity contribution < 1.29 is 14.3 Å². The van der Waals surface area contributed by atoms with E-state index >= 15 is 0 Å². The average Bonchev–Trinajstić information content (AvgIpc) is 3.17. The molecule has 2 aromatic heterocycles. The van der Waals surface area contributed by atoms with Gasteiger partial charge in [-0.25, -0.2) is 9.67 Å². The predicted octanol–water partition coefficient (Wildman–Crippen LogP) is 3.99. The van der Waals surface area contributed by atoms with Crippen LogP contribution in [-0.2, 0) is 4.74 Å². The summed E-state index contributed by atoms with van der Waals surface area (Å²) in [6.07, 6.45) is 2.55. The van der Waals surface area contributed by atoms with E-state index in [-0.39, 0.29) is 17.9 Å². The zero-order chi connectivity index (χ0) is 22.5. The molecule has 2 N–H and O–H groups in total. The molecule has 0 aliphatic heterocycles. The molecule has 0 radical (unpaired) electrons. The number of rotatable bonds is 8. The molecule has 164 valence electrons. The van der Waals surface area contributed by atoms with Gasteiger partial charge in [-0.2, -0.15) is 5.10 Å². The summed E-state index contributed by atoms with van der Waals surface area (Å²) in [5.41, 5.74) is 2.56. The number of hydrogen-bond donors (Lipinski definition) is 2. The van der Waals surface area contributed by atoms with E-state index in [2.05, 4.69) is 34.6 Å². The maximum absolute atomic E-state index is 13.1. The summed E-state index contributed by atoms with van der Waals surface area (Å²) in [6, 6.07) is 6.61.